The fourth-order valence-electron chi connectivity index (χ4n) is 1.81. The van der Waals surface area contributed by atoms with E-state index in [4.69, 9.17) is 0 Å². The maximum atomic E-state index is 13.0. The van der Waals surface area contributed by atoms with Gasteiger partial charge in [0.1, 0.15) is 18.3 Å². The van der Waals surface area contributed by atoms with Gasteiger partial charge in [-0.05, 0) is 30.3 Å². The zero-order valence-electron chi connectivity index (χ0n) is 10.8. The molecule has 0 radical (unpaired) electrons. The van der Waals surface area contributed by atoms with Gasteiger partial charge >= 0.3 is 0 Å². The van der Waals surface area contributed by atoms with Crippen molar-refractivity contribution in [1.82, 2.24) is 19.7 Å². The highest BCUT2D eigenvalue weighted by Gasteiger charge is 2.09. The highest BCUT2D eigenvalue weighted by Crippen LogP contribution is 2.14. The van der Waals surface area contributed by atoms with Crippen LogP contribution in [0.5, 0.6) is 0 Å². The van der Waals surface area contributed by atoms with Gasteiger partial charge in [-0.3, -0.25) is 9.36 Å². The topological polar surface area (TPSA) is 72.7 Å². The summed E-state index contributed by atoms with van der Waals surface area (Å²) in [5, 5.41) is 10.1. The van der Waals surface area contributed by atoms with Gasteiger partial charge in [0.15, 0.2) is 0 Å². The number of pyridine rings is 1. The molecule has 3 aromatic rings. The quantitative estimate of drug-likeness (QED) is 0.747. The number of hydrogen-bond acceptors (Lipinski definition) is 4. The van der Waals surface area contributed by atoms with Crippen LogP contribution in [-0.2, 0) is 0 Å². The number of hydrogen-bond donors (Lipinski definition) is 1. The first-order valence-corrected chi connectivity index (χ1v) is 6.11. The van der Waals surface area contributed by atoms with E-state index in [1.54, 1.807) is 35.4 Å². The lowest BCUT2D eigenvalue weighted by molar-refractivity contribution is 0.102. The van der Waals surface area contributed by atoms with Crippen LogP contribution >= 0.6 is 0 Å². The number of rotatable bonds is 3. The van der Waals surface area contributed by atoms with Gasteiger partial charge in [0.05, 0.1) is 5.69 Å². The first-order chi connectivity index (χ1) is 10.2. The minimum atomic E-state index is -0.694. The van der Waals surface area contributed by atoms with Gasteiger partial charge in [0, 0.05) is 5.69 Å². The van der Waals surface area contributed by atoms with Crippen molar-refractivity contribution in [3.8, 4) is 5.69 Å². The third kappa shape index (κ3) is 2.92. The molecule has 0 spiro atoms. The summed E-state index contributed by atoms with van der Waals surface area (Å²) in [6.07, 6.45) is 3.10. The van der Waals surface area contributed by atoms with Gasteiger partial charge in [0.25, 0.3) is 5.91 Å². The Bertz CT molecular complexity index is 773. The van der Waals surface area contributed by atoms with Gasteiger partial charge in [-0.1, -0.05) is 12.1 Å². The van der Waals surface area contributed by atoms with Gasteiger partial charge in [-0.15, -0.1) is 10.2 Å². The molecule has 2 heterocycles. The van der Waals surface area contributed by atoms with E-state index in [0.717, 1.165) is 5.69 Å². The van der Waals surface area contributed by atoms with Crippen molar-refractivity contribution < 1.29 is 9.18 Å². The third-order valence-electron chi connectivity index (χ3n) is 2.77. The lowest BCUT2D eigenvalue weighted by atomic mass is 10.2. The molecule has 3 rings (SSSR count). The molecule has 0 aliphatic carbocycles. The Kier molecular flexibility index (Phi) is 3.38. The molecule has 7 heteroatoms. The molecule has 0 fully saturated rings. The molecule has 0 bridgehead atoms. The zero-order valence-corrected chi connectivity index (χ0v) is 10.8. The molecule has 0 saturated carbocycles. The van der Waals surface area contributed by atoms with Crippen molar-refractivity contribution in [2.75, 3.05) is 5.32 Å². The van der Waals surface area contributed by atoms with E-state index in [1.807, 2.05) is 6.07 Å². The predicted molar refractivity (Wildman–Crippen MR) is 73.5 cm³/mol. The minimum absolute atomic E-state index is 0.0182. The Labute approximate surface area is 119 Å². The lowest BCUT2D eigenvalue weighted by Crippen LogP contribution is -2.14. The molecule has 21 heavy (non-hydrogen) atoms. The van der Waals surface area contributed by atoms with E-state index in [-0.39, 0.29) is 5.69 Å². The Morgan fingerprint density at radius 2 is 1.86 bits per heavy atom. The lowest BCUT2D eigenvalue weighted by Gasteiger charge is -2.07. The number of benzene rings is 1. The monoisotopic (exact) mass is 283 g/mol. The summed E-state index contributed by atoms with van der Waals surface area (Å²) < 4.78 is 14.7. The molecule has 1 aromatic carbocycles. The van der Waals surface area contributed by atoms with Crippen LogP contribution in [0.4, 0.5) is 10.1 Å². The molecule has 0 atom stereocenters. The standard InChI is InChI=1S/C14H10FN5O/c15-13-6-2-5-12(19-13)14(21)18-10-3-1-4-11(7-10)20-8-16-17-9-20/h1-9H,(H,18,21). The molecule has 104 valence electrons. The largest absolute Gasteiger partial charge is 0.321 e. The number of nitrogens with zero attached hydrogens (tertiary/aromatic N) is 4. The second kappa shape index (κ2) is 5.49. The number of carbonyl (C=O) groups excluding carboxylic acids is 1. The molecular formula is C14H10FN5O. The number of amides is 1. The smallest absolute Gasteiger partial charge is 0.274 e. The molecule has 0 unspecified atom stereocenters. The molecule has 2 aromatic heterocycles. The van der Waals surface area contributed by atoms with Crippen molar-refractivity contribution >= 4 is 11.6 Å². The van der Waals surface area contributed by atoms with Gasteiger partial charge in [0.2, 0.25) is 5.95 Å². The van der Waals surface area contributed by atoms with Crippen LogP contribution in [0.15, 0.2) is 55.1 Å². The molecule has 0 saturated heterocycles. The Morgan fingerprint density at radius 3 is 2.62 bits per heavy atom. The van der Waals surface area contributed by atoms with Gasteiger partial charge in [-0.25, -0.2) is 4.98 Å². The molecule has 1 amide bonds. The van der Waals surface area contributed by atoms with Crippen LogP contribution in [0, 0.1) is 5.95 Å². The minimum Gasteiger partial charge on any atom is -0.321 e. The van der Waals surface area contributed by atoms with Crippen LogP contribution in [-0.4, -0.2) is 25.7 Å². The molecule has 0 aliphatic heterocycles. The summed E-state index contributed by atoms with van der Waals surface area (Å²) in [5.74, 6) is -1.17. The van der Waals surface area contributed by atoms with E-state index >= 15 is 0 Å². The first kappa shape index (κ1) is 12.9. The van der Waals surface area contributed by atoms with Crippen LogP contribution in [0.3, 0.4) is 0 Å². The average molecular weight is 283 g/mol. The predicted octanol–water partition coefficient (Wildman–Crippen LogP) is 2.05. The van der Waals surface area contributed by atoms with Crippen molar-refractivity contribution in [2.45, 2.75) is 0 Å². The van der Waals surface area contributed by atoms with E-state index in [1.165, 1.54) is 18.2 Å². The Balaban J connectivity index is 1.82. The van der Waals surface area contributed by atoms with Crippen molar-refractivity contribution in [2.24, 2.45) is 0 Å². The molecule has 0 aliphatic rings. The molecule has 6 nitrogen and oxygen atoms in total. The number of nitrogens with one attached hydrogen (secondary N) is 1. The van der Waals surface area contributed by atoms with E-state index in [9.17, 15) is 9.18 Å². The highest BCUT2D eigenvalue weighted by molar-refractivity contribution is 6.02. The summed E-state index contributed by atoms with van der Waals surface area (Å²) in [5.41, 5.74) is 1.38. The van der Waals surface area contributed by atoms with Crippen LogP contribution in [0.1, 0.15) is 10.5 Å². The third-order valence-corrected chi connectivity index (χ3v) is 2.77. The van der Waals surface area contributed by atoms with Crippen LogP contribution in [0.2, 0.25) is 0 Å². The van der Waals surface area contributed by atoms with Gasteiger partial charge < -0.3 is 5.32 Å². The molecular weight excluding hydrogens is 273 g/mol. The number of anilines is 1. The number of halogens is 1. The highest BCUT2D eigenvalue weighted by atomic mass is 19.1. The Morgan fingerprint density at radius 1 is 1.10 bits per heavy atom. The van der Waals surface area contributed by atoms with Crippen molar-refractivity contribution in [3.63, 3.8) is 0 Å². The maximum Gasteiger partial charge on any atom is 0.274 e. The van der Waals surface area contributed by atoms with Gasteiger partial charge in [-0.2, -0.15) is 4.39 Å². The summed E-state index contributed by atoms with van der Waals surface area (Å²) in [6.45, 7) is 0. The SMILES string of the molecule is O=C(Nc1cccc(-n2cnnc2)c1)c1cccc(F)n1. The summed E-state index contributed by atoms with van der Waals surface area (Å²) in [7, 11) is 0. The first-order valence-electron chi connectivity index (χ1n) is 6.11. The van der Waals surface area contributed by atoms with E-state index < -0.39 is 11.9 Å². The van der Waals surface area contributed by atoms with Crippen LogP contribution < -0.4 is 5.32 Å². The normalized spacial score (nSPS) is 10.3. The summed E-state index contributed by atoms with van der Waals surface area (Å²) in [4.78, 5) is 15.5. The zero-order chi connectivity index (χ0) is 14.7. The van der Waals surface area contributed by atoms with E-state index in [2.05, 4.69) is 20.5 Å². The second-order valence-electron chi connectivity index (χ2n) is 4.22. The fraction of sp³-hybridized carbons (Fsp3) is 0. The number of aromatic nitrogens is 4. The summed E-state index contributed by atoms with van der Waals surface area (Å²) in [6, 6.07) is 11.2. The second-order valence-corrected chi connectivity index (χ2v) is 4.22. The summed E-state index contributed by atoms with van der Waals surface area (Å²) >= 11 is 0. The van der Waals surface area contributed by atoms with Crippen LogP contribution in [0.25, 0.3) is 5.69 Å². The number of carbonyl (C=O) groups is 1. The fourth-order valence-corrected chi connectivity index (χ4v) is 1.81. The Hall–Kier alpha value is -3.09. The molecule has 1 N–H and O–H groups in total. The van der Waals surface area contributed by atoms with E-state index in [0.29, 0.717) is 5.69 Å². The van der Waals surface area contributed by atoms with Crippen molar-refractivity contribution in [3.05, 3.63) is 66.8 Å². The maximum absolute atomic E-state index is 13.0. The average Bonchev–Trinajstić information content (AvgIpc) is 3.02. The van der Waals surface area contributed by atoms with Crippen molar-refractivity contribution in [1.29, 1.82) is 0 Å².